The van der Waals surface area contributed by atoms with Crippen molar-refractivity contribution in [1.29, 1.82) is 0 Å². The first-order valence-electron chi connectivity index (χ1n) is 9.19. The van der Waals surface area contributed by atoms with E-state index < -0.39 is 6.09 Å². The molecule has 0 fully saturated rings. The summed E-state index contributed by atoms with van der Waals surface area (Å²) in [6, 6.07) is 13.5. The largest absolute Gasteiger partial charge is 0.492 e. The third-order valence-electron chi connectivity index (χ3n) is 5.18. The van der Waals surface area contributed by atoms with Gasteiger partial charge in [-0.2, -0.15) is 0 Å². The van der Waals surface area contributed by atoms with Crippen molar-refractivity contribution in [2.24, 2.45) is 0 Å². The van der Waals surface area contributed by atoms with Gasteiger partial charge in [-0.15, -0.1) is 0 Å². The van der Waals surface area contributed by atoms with Crippen LogP contribution in [0, 0.1) is 0 Å². The molecule has 1 aliphatic heterocycles. The number of fused-ring (bicyclic) bond motifs is 3. The van der Waals surface area contributed by atoms with Gasteiger partial charge >= 0.3 is 6.09 Å². The zero-order chi connectivity index (χ0) is 19.7. The second-order valence-electron chi connectivity index (χ2n) is 6.79. The number of aromatic nitrogens is 1. The normalized spacial score (nSPS) is 14.0. The minimum atomic E-state index is -0.880. The molecule has 1 aromatic heterocycles. The van der Waals surface area contributed by atoms with E-state index in [9.17, 15) is 9.90 Å². The van der Waals surface area contributed by atoms with Gasteiger partial charge in [-0.25, -0.2) is 4.79 Å². The highest BCUT2D eigenvalue weighted by molar-refractivity contribution is 6.42. The molecule has 28 heavy (non-hydrogen) atoms. The van der Waals surface area contributed by atoms with Crippen molar-refractivity contribution in [2.45, 2.75) is 19.4 Å². The van der Waals surface area contributed by atoms with Crippen LogP contribution in [0.1, 0.15) is 11.3 Å². The summed E-state index contributed by atoms with van der Waals surface area (Å²) in [5.41, 5.74) is 3.30. The number of halogens is 2. The Morgan fingerprint density at radius 1 is 1.07 bits per heavy atom. The van der Waals surface area contributed by atoms with E-state index in [1.807, 2.05) is 42.5 Å². The Bertz CT molecular complexity index is 1020. The molecule has 0 atom stereocenters. The van der Waals surface area contributed by atoms with Gasteiger partial charge in [-0.1, -0.05) is 41.4 Å². The fraction of sp³-hybridized carbons (Fsp3) is 0.286. The molecule has 1 amide bonds. The highest BCUT2D eigenvalue weighted by Crippen LogP contribution is 2.35. The number of nitrogens with zero attached hydrogens (tertiary/aromatic N) is 2. The van der Waals surface area contributed by atoms with Gasteiger partial charge in [-0.3, -0.25) is 0 Å². The summed E-state index contributed by atoms with van der Waals surface area (Å²) in [7, 11) is 0. The van der Waals surface area contributed by atoms with Gasteiger partial charge in [0.15, 0.2) is 0 Å². The maximum absolute atomic E-state index is 11.4. The van der Waals surface area contributed by atoms with Crippen LogP contribution in [-0.2, 0) is 19.4 Å². The number of carboxylic acid groups (broad SMARTS) is 1. The molecule has 2 heterocycles. The fourth-order valence-electron chi connectivity index (χ4n) is 3.85. The van der Waals surface area contributed by atoms with E-state index in [1.165, 1.54) is 4.90 Å². The van der Waals surface area contributed by atoms with Crippen molar-refractivity contribution in [3.63, 3.8) is 0 Å². The highest BCUT2D eigenvalue weighted by Gasteiger charge is 2.24. The van der Waals surface area contributed by atoms with E-state index in [2.05, 4.69) is 4.57 Å². The number of rotatable bonds is 4. The van der Waals surface area contributed by atoms with Crippen molar-refractivity contribution >= 4 is 40.2 Å². The predicted octanol–water partition coefficient (Wildman–Crippen LogP) is 5.11. The first-order chi connectivity index (χ1) is 13.5. The van der Waals surface area contributed by atoms with Gasteiger partial charge in [0.05, 0.1) is 22.1 Å². The summed E-state index contributed by atoms with van der Waals surface area (Å²) < 4.78 is 8.08. The molecule has 0 saturated heterocycles. The van der Waals surface area contributed by atoms with Crippen LogP contribution in [-0.4, -0.2) is 40.4 Å². The highest BCUT2D eigenvalue weighted by atomic mass is 35.5. The second-order valence-corrected chi connectivity index (χ2v) is 7.61. The maximum Gasteiger partial charge on any atom is 0.407 e. The molecule has 1 aliphatic rings. The molecule has 146 valence electrons. The SMILES string of the molecule is O=C(O)N1CCc2c(n(CCOc3ccccc3)c3cc(Cl)c(Cl)cc23)CC1. The van der Waals surface area contributed by atoms with Crippen LogP contribution in [0.15, 0.2) is 42.5 Å². The molecular formula is C21H20Cl2N2O3. The Hall–Kier alpha value is -2.37. The Morgan fingerprint density at radius 2 is 1.79 bits per heavy atom. The molecule has 0 spiro atoms. The van der Waals surface area contributed by atoms with E-state index in [-0.39, 0.29) is 0 Å². The Morgan fingerprint density at radius 3 is 2.54 bits per heavy atom. The van der Waals surface area contributed by atoms with Crippen LogP contribution in [0.2, 0.25) is 10.0 Å². The number of para-hydroxylation sites is 1. The molecule has 0 radical (unpaired) electrons. The number of ether oxygens (including phenoxy) is 1. The number of carbonyl (C=O) groups is 1. The van der Waals surface area contributed by atoms with Gasteiger partial charge in [0, 0.05) is 30.6 Å². The van der Waals surface area contributed by atoms with Crippen LogP contribution in [0.5, 0.6) is 5.75 Å². The lowest BCUT2D eigenvalue weighted by atomic mass is 10.1. The van der Waals surface area contributed by atoms with Crippen LogP contribution >= 0.6 is 23.2 Å². The second kappa shape index (κ2) is 7.94. The van der Waals surface area contributed by atoms with Gasteiger partial charge in [0.1, 0.15) is 12.4 Å². The fourth-order valence-corrected chi connectivity index (χ4v) is 4.17. The summed E-state index contributed by atoms with van der Waals surface area (Å²) in [6.07, 6.45) is 0.425. The Balaban J connectivity index is 1.68. The molecule has 3 aromatic rings. The van der Waals surface area contributed by atoms with Crippen molar-refractivity contribution in [1.82, 2.24) is 9.47 Å². The van der Waals surface area contributed by atoms with E-state index >= 15 is 0 Å². The molecule has 7 heteroatoms. The molecule has 2 aromatic carbocycles. The number of amides is 1. The zero-order valence-electron chi connectivity index (χ0n) is 15.2. The molecule has 0 bridgehead atoms. The summed E-state index contributed by atoms with van der Waals surface area (Å²) in [4.78, 5) is 12.9. The predicted molar refractivity (Wildman–Crippen MR) is 111 cm³/mol. The van der Waals surface area contributed by atoms with Crippen molar-refractivity contribution in [3.8, 4) is 5.75 Å². The van der Waals surface area contributed by atoms with Gasteiger partial charge in [0.25, 0.3) is 0 Å². The first-order valence-corrected chi connectivity index (χ1v) is 9.95. The summed E-state index contributed by atoms with van der Waals surface area (Å²) >= 11 is 12.6. The quantitative estimate of drug-likeness (QED) is 0.640. The van der Waals surface area contributed by atoms with Crippen LogP contribution in [0.4, 0.5) is 4.79 Å². The topological polar surface area (TPSA) is 54.7 Å². The Labute approximate surface area is 173 Å². The minimum absolute atomic E-state index is 0.472. The van der Waals surface area contributed by atoms with E-state index in [4.69, 9.17) is 27.9 Å². The molecule has 4 rings (SSSR count). The first kappa shape index (κ1) is 19.0. The van der Waals surface area contributed by atoms with Crippen LogP contribution < -0.4 is 4.74 Å². The Kier molecular flexibility index (Phi) is 5.38. The van der Waals surface area contributed by atoms with Crippen molar-refractivity contribution in [2.75, 3.05) is 19.7 Å². The van der Waals surface area contributed by atoms with Crippen LogP contribution in [0.25, 0.3) is 10.9 Å². The van der Waals surface area contributed by atoms with E-state index in [1.54, 1.807) is 0 Å². The number of hydrogen-bond acceptors (Lipinski definition) is 2. The smallest absolute Gasteiger partial charge is 0.407 e. The molecule has 1 N–H and O–H groups in total. The monoisotopic (exact) mass is 418 g/mol. The lowest BCUT2D eigenvalue weighted by Crippen LogP contribution is -2.31. The van der Waals surface area contributed by atoms with Gasteiger partial charge in [-0.05, 0) is 36.2 Å². The standard InChI is InChI=1S/C21H20Cl2N2O3/c22-17-12-16-15-6-8-24(21(26)27)9-7-19(15)25(20(16)13-18(17)23)10-11-28-14-4-2-1-3-5-14/h1-5,12-13H,6-11H2,(H,26,27). The number of hydrogen-bond donors (Lipinski definition) is 1. The third kappa shape index (κ3) is 3.64. The summed E-state index contributed by atoms with van der Waals surface area (Å²) in [5, 5.41) is 11.4. The van der Waals surface area contributed by atoms with E-state index in [0.29, 0.717) is 49.1 Å². The lowest BCUT2D eigenvalue weighted by molar-refractivity contribution is 0.147. The molecule has 0 aliphatic carbocycles. The minimum Gasteiger partial charge on any atom is -0.492 e. The summed E-state index contributed by atoms with van der Waals surface area (Å²) in [5.74, 6) is 0.822. The van der Waals surface area contributed by atoms with Gasteiger partial charge < -0.3 is 19.3 Å². The summed E-state index contributed by atoms with van der Waals surface area (Å²) in [6.45, 7) is 2.09. The van der Waals surface area contributed by atoms with Crippen molar-refractivity contribution in [3.05, 3.63) is 63.8 Å². The average Bonchev–Trinajstić information content (AvgIpc) is 2.83. The third-order valence-corrected chi connectivity index (χ3v) is 5.90. The maximum atomic E-state index is 11.4. The molecule has 5 nitrogen and oxygen atoms in total. The van der Waals surface area contributed by atoms with Gasteiger partial charge in [0.2, 0.25) is 0 Å². The van der Waals surface area contributed by atoms with E-state index in [0.717, 1.165) is 27.9 Å². The van der Waals surface area contributed by atoms with Crippen LogP contribution in [0.3, 0.4) is 0 Å². The lowest BCUT2D eigenvalue weighted by Gasteiger charge is -2.16. The molecule has 0 unspecified atom stereocenters. The number of benzene rings is 2. The van der Waals surface area contributed by atoms with Crippen molar-refractivity contribution < 1.29 is 14.6 Å². The zero-order valence-corrected chi connectivity index (χ0v) is 16.7. The average molecular weight is 419 g/mol. The molecular weight excluding hydrogens is 399 g/mol. The molecule has 0 saturated carbocycles.